The molecular formula is C31H48S4Si. The molecule has 0 amide bonds. The molecule has 0 aromatic heterocycles. The average Bonchev–Trinajstić information content (AvgIpc) is 3.23. The molecule has 0 N–H and O–H groups in total. The Labute approximate surface area is 241 Å². The van der Waals surface area contributed by atoms with E-state index in [1.165, 1.54) is 98.4 Å². The first kappa shape index (κ1) is 32.1. The first-order chi connectivity index (χ1) is 17.4. The van der Waals surface area contributed by atoms with Crippen LogP contribution in [-0.4, -0.2) is 19.6 Å². The molecule has 2 rings (SSSR count). The highest BCUT2D eigenvalue weighted by molar-refractivity contribution is 8.40. The van der Waals surface area contributed by atoms with Gasteiger partial charge in [0.25, 0.3) is 0 Å². The lowest BCUT2D eigenvalue weighted by Gasteiger charge is -2.05. The lowest BCUT2D eigenvalue weighted by Crippen LogP contribution is -2.16. The van der Waals surface area contributed by atoms with Crippen molar-refractivity contribution < 1.29 is 0 Å². The average molecular weight is 577 g/mol. The first-order valence-corrected chi connectivity index (χ1v) is 21.2. The fraction of sp³-hybridized carbons (Fsp3) is 0.613. The minimum atomic E-state index is -1.33. The highest BCUT2D eigenvalue weighted by Crippen LogP contribution is 2.57. The highest BCUT2D eigenvalue weighted by Gasteiger charge is 2.22. The minimum Gasteiger partial charge on any atom is -0.127 e. The zero-order valence-corrected chi connectivity index (χ0v) is 27.7. The van der Waals surface area contributed by atoms with Crippen molar-refractivity contribution >= 4 is 61.2 Å². The number of rotatable bonds is 17. The van der Waals surface area contributed by atoms with Crippen LogP contribution in [0, 0.1) is 11.5 Å². The van der Waals surface area contributed by atoms with Crippen LogP contribution in [0.25, 0.3) is 6.08 Å². The Hall–Kier alpha value is -0.123. The molecule has 0 atom stereocenters. The molecule has 0 saturated heterocycles. The molecule has 0 saturated carbocycles. The number of thioether (sulfide) groups is 4. The largest absolute Gasteiger partial charge is 0.129 e. The van der Waals surface area contributed by atoms with E-state index in [4.69, 9.17) is 0 Å². The molecule has 0 bridgehead atoms. The second-order valence-electron chi connectivity index (χ2n) is 10.6. The molecular weight excluding hydrogens is 529 g/mol. The molecule has 36 heavy (non-hydrogen) atoms. The van der Waals surface area contributed by atoms with Crippen molar-refractivity contribution in [3.05, 3.63) is 48.1 Å². The zero-order valence-electron chi connectivity index (χ0n) is 23.4. The summed E-state index contributed by atoms with van der Waals surface area (Å²) in [6.45, 7) is 11.5. The summed E-state index contributed by atoms with van der Waals surface area (Å²) in [5.74, 6) is 5.89. The Morgan fingerprint density at radius 2 is 1.17 bits per heavy atom. The third-order valence-electron chi connectivity index (χ3n) is 5.79. The van der Waals surface area contributed by atoms with E-state index in [9.17, 15) is 0 Å². The first-order valence-electron chi connectivity index (χ1n) is 14.1. The van der Waals surface area contributed by atoms with E-state index >= 15 is 0 Å². The van der Waals surface area contributed by atoms with Crippen LogP contribution in [0.4, 0.5) is 0 Å². The van der Waals surface area contributed by atoms with Gasteiger partial charge in [-0.3, -0.25) is 0 Å². The molecule has 200 valence electrons. The van der Waals surface area contributed by atoms with Gasteiger partial charge in [-0.15, -0.1) is 29.1 Å². The smallest absolute Gasteiger partial charge is 0.127 e. The summed E-state index contributed by atoms with van der Waals surface area (Å²) in [5.41, 5.74) is 5.89. The molecule has 0 unspecified atom stereocenters. The van der Waals surface area contributed by atoms with E-state index in [2.05, 4.69) is 98.8 Å². The topological polar surface area (TPSA) is 0 Å². The molecule has 1 aromatic carbocycles. The van der Waals surface area contributed by atoms with Crippen LogP contribution in [0.5, 0.6) is 0 Å². The van der Waals surface area contributed by atoms with Crippen molar-refractivity contribution in [1.82, 2.24) is 0 Å². The quantitative estimate of drug-likeness (QED) is 0.103. The lowest BCUT2D eigenvalue weighted by atomic mass is 10.1. The van der Waals surface area contributed by atoms with Gasteiger partial charge in [0.15, 0.2) is 0 Å². The standard InChI is InChI=1S/C31H48S4Si/c1-6-8-10-12-14-16-23-32-30-31(33-24-17-15-13-11-9-7-2)35-29(34-30)26-28-20-18-27(19-21-28)22-25-36(3,4)5/h18-21,26H,6-17,23-24H2,1-5H3. The van der Waals surface area contributed by atoms with Gasteiger partial charge in [-0.2, -0.15) is 0 Å². The van der Waals surface area contributed by atoms with E-state index in [0.717, 1.165) is 5.56 Å². The Balaban J connectivity index is 1.91. The maximum absolute atomic E-state index is 3.47. The predicted octanol–water partition coefficient (Wildman–Crippen LogP) is 12.0. The maximum Gasteiger partial charge on any atom is 0.129 e. The number of hydrogen-bond acceptors (Lipinski definition) is 4. The van der Waals surface area contributed by atoms with Crippen LogP contribution in [0.3, 0.4) is 0 Å². The van der Waals surface area contributed by atoms with Gasteiger partial charge in [0.2, 0.25) is 0 Å². The second-order valence-corrected chi connectivity index (χ2v) is 20.4. The van der Waals surface area contributed by atoms with Crippen LogP contribution >= 0.6 is 47.0 Å². The van der Waals surface area contributed by atoms with Crippen LogP contribution in [0.15, 0.2) is 37.0 Å². The van der Waals surface area contributed by atoms with E-state index in [1.807, 2.05) is 23.5 Å². The normalized spacial score (nSPS) is 13.8. The molecule has 0 nitrogen and oxygen atoms in total. The summed E-state index contributed by atoms with van der Waals surface area (Å²) in [6.07, 6.45) is 18.9. The van der Waals surface area contributed by atoms with Gasteiger partial charge < -0.3 is 0 Å². The van der Waals surface area contributed by atoms with Crippen molar-refractivity contribution in [3.63, 3.8) is 0 Å². The van der Waals surface area contributed by atoms with Crippen LogP contribution in [0.2, 0.25) is 19.6 Å². The van der Waals surface area contributed by atoms with Gasteiger partial charge in [-0.1, -0.05) is 139 Å². The predicted molar refractivity (Wildman–Crippen MR) is 179 cm³/mol. The van der Waals surface area contributed by atoms with Gasteiger partial charge in [0.05, 0.1) is 12.7 Å². The van der Waals surface area contributed by atoms with Crippen LogP contribution in [-0.2, 0) is 0 Å². The van der Waals surface area contributed by atoms with Crippen molar-refractivity contribution in [2.24, 2.45) is 0 Å². The third-order valence-corrected chi connectivity index (χ3v) is 12.2. The van der Waals surface area contributed by atoms with E-state index < -0.39 is 8.07 Å². The summed E-state index contributed by atoms with van der Waals surface area (Å²) in [6, 6.07) is 8.82. The summed E-state index contributed by atoms with van der Waals surface area (Å²) in [5, 5.41) is 0. The summed E-state index contributed by atoms with van der Waals surface area (Å²) in [7, 11) is -1.33. The van der Waals surface area contributed by atoms with Crippen molar-refractivity contribution in [1.29, 1.82) is 0 Å². The van der Waals surface area contributed by atoms with E-state index in [0.29, 0.717) is 0 Å². The van der Waals surface area contributed by atoms with Crippen LogP contribution < -0.4 is 0 Å². The maximum atomic E-state index is 3.47. The van der Waals surface area contributed by atoms with Gasteiger partial charge in [0, 0.05) is 5.56 Å². The van der Waals surface area contributed by atoms with Crippen molar-refractivity contribution in [2.75, 3.05) is 11.5 Å². The fourth-order valence-corrected chi connectivity index (χ4v) is 10.1. The second kappa shape index (κ2) is 19.0. The van der Waals surface area contributed by atoms with Crippen molar-refractivity contribution in [3.8, 4) is 11.5 Å². The number of hydrogen-bond donors (Lipinski definition) is 0. The Bertz CT molecular complexity index is 837. The van der Waals surface area contributed by atoms with E-state index in [-0.39, 0.29) is 0 Å². The Morgan fingerprint density at radius 3 is 1.64 bits per heavy atom. The molecule has 1 aliphatic rings. The molecule has 0 fully saturated rings. The van der Waals surface area contributed by atoms with Gasteiger partial charge in [-0.05, 0) is 48.1 Å². The molecule has 1 heterocycles. The molecule has 0 radical (unpaired) electrons. The lowest BCUT2D eigenvalue weighted by molar-refractivity contribution is 0.627. The Morgan fingerprint density at radius 1 is 0.694 bits per heavy atom. The summed E-state index contributed by atoms with van der Waals surface area (Å²) < 4.78 is 4.52. The molecule has 0 aliphatic carbocycles. The fourth-order valence-electron chi connectivity index (χ4n) is 3.68. The summed E-state index contributed by atoms with van der Waals surface area (Å²) >= 11 is 8.21. The SMILES string of the molecule is CCCCCCCCSC1=C(SCCCCCCCC)SC(=Cc2ccc(C#C[Si](C)(C)C)cc2)S1. The Kier molecular flexibility index (Phi) is 17.0. The third kappa shape index (κ3) is 14.7. The molecule has 1 aromatic rings. The highest BCUT2D eigenvalue weighted by atomic mass is 32.3. The zero-order chi connectivity index (χ0) is 26.1. The summed E-state index contributed by atoms with van der Waals surface area (Å²) in [4.78, 5) is 0. The van der Waals surface area contributed by atoms with Gasteiger partial charge >= 0.3 is 0 Å². The number of benzene rings is 1. The molecule has 0 spiro atoms. The minimum absolute atomic E-state index is 1.13. The van der Waals surface area contributed by atoms with Crippen molar-refractivity contribution in [2.45, 2.75) is 111 Å². The molecule has 5 heteroatoms. The monoisotopic (exact) mass is 576 g/mol. The van der Waals surface area contributed by atoms with E-state index in [1.54, 1.807) is 8.47 Å². The van der Waals surface area contributed by atoms with Crippen LogP contribution in [0.1, 0.15) is 102 Å². The van der Waals surface area contributed by atoms with Gasteiger partial charge in [-0.25, -0.2) is 0 Å². The molecule has 1 aliphatic heterocycles. The van der Waals surface area contributed by atoms with Gasteiger partial charge in [0.1, 0.15) is 8.07 Å². The number of unbranched alkanes of at least 4 members (excludes halogenated alkanes) is 10.